The molecule has 0 N–H and O–H groups in total. The van der Waals surface area contributed by atoms with Crippen LogP contribution < -0.4 is 0 Å². The van der Waals surface area contributed by atoms with E-state index < -0.39 is 0 Å². The smallest absolute Gasteiger partial charge is 0.126 e. The van der Waals surface area contributed by atoms with E-state index in [0.29, 0.717) is 17.3 Å². The normalized spacial score (nSPS) is 49.6. The minimum Gasteiger partial charge on any atom is -0.303 e. The molecular weight excluding hydrogens is 256 g/mol. The van der Waals surface area contributed by atoms with Crippen LogP contribution in [-0.2, 0) is 4.79 Å². The van der Waals surface area contributed by atoms with E-state index in [4.69, 9.17) is 0 Å². The van der Waals surface area contributed by atoms with Gasteiger partial charge in [0.05, 0.1) is 0 Å². The molecule has 0 unspecified atom stereocenters. The number of allylic oxidation sites excluding steroid dienone is 3. The van der Waals surface area contributed by atoms with Gasteiger partial charge in [-0.05, 0) is 61.2 Å². The zero-order chi connectivity index (χ0) is 15.3. The van der Waals surface area contributed by atoms with E-state index in [2.05, 4.69) is 39.5 Å². The molecule has 5 atom stereocenters. The summed E-state index contributed by atoms with van der Waals surface area (Å²) in [5, 5.41) is 0. The highest BCUT2D eigenvalue weighted by Crippen LogP contribution is 2.63. The summed E-state index contributed by atoms with van der Waals surface area (Å²) in [6.45, 7) is 11.1. The van der Waals surface area contributed by atoms with Gasteiger partial charge in [-0.3, -0.25) is 0 Å². The van der Waals surface area contributed by atoms with Gasteiger partial charge < -0.3 is 4.79 Å². The molecule has 21 heavy (non-hydrogen) atoms. The molecule has 0 aromatic rings. The van der Waals surface area contributed by atoms with Crippen LogP contribution >= 0.6 is 0 Å². The molecule has 1 nitrogen and oxygen atoms in total. The quantitative estimate of drug-likeness (QED) is 0.496. The molecule has 0 spiro atoms. The summed E-state index contributed by atoms with van der Waals surface area (Å²) in [7, 11) is 0. The molecule has 0 saturated heterocycles. The van der Waals surface area contributed by atoms with Crippen molar-refractivity contribution in [1.82, 2.24) is 0 Å². The molecule has 0 bridgehead atoms. The van der Waals surface area contributed by atoms with Gasteiger partial charge in [0.25, 0.3) is 0 Å². The number of aldehydes is 1. The molecule has 116 valence electrons. The molecule has 0 aliphatic heterocycles. The zero-order valence-electron chi connectivity index (χ0n) is 14.0. The molecular formula is C20H30O. The Morgan fingerprint density at radius 3 is 2.67 bits per heavy atom. The van der Waals surface area contributed by atoms with Crippen LogP contribution in [0.5, 0.6) is 0 Å². The van der Waals surface area contributed by atoms with Crippen LogP contribution in [-0.4, -0.2) is 6.29 Å². The Hall–Kier alpha value is -0.850. The number of carbonyl (C=O) groups excluding carboxylic acids is 1. The highest BCUT2D eigenvalue weighted by atomic mass is 16.1. The molecule has 0 aromatic carbocycles. The van der Waals surface area contributed by atoms with Crippen molar-refractivity contribution in [3.63, 3.8) is 0 Å². The van der Waals surface area contributed by atoms with Crippen LogP contribution in [0.3, 0.4) is 0 Å². The largest absolute Gasteiger partial charge is 0.303 e. The number of hydrogen-bond acceptors (Lipinski definition) is 1. The van der Waals surface area contributed by atoms with Crippen molar-refractivity contribution in [3.8, 4) is 0 Å². The molecule has 0 heterocycles. The Labute approximate surface area is 129 Å². The molecule has 2 fully saturated rings. The van der Waals surface area contributed by atoms with Crippen molar-refractivity contribution in [1.29, 1.82) is 0 Å². The summed E-state index contributed by atoms with van der Waals surface area (Å²) in [5.41, 5.74) is 2.18. The van der Waals surface area contributed by atoms with E-state index in [1.165, 1.54) is 38.4 Å². The lowest BCUT2D eigenvalue weighted by atomic mass is 9.46. The van der Waals surface area contributed by atoms with E-state index in [0.717, 1.165) is 12.8 Å². The molecule has 0 radical (unpaired) electrons. The van der Waals surface area contributed by atoms with Crippen LogP contribution in [0.4, 0.5) is 0 Å². The molecule has 1 heteroatoms. The Bertz CT molecular complexity index is 490. The van der Waals surface area contributed by atoms with E-state index in [-0.39, 0.29) is 10.8 Å². The van der Waals surface area contributed by atoms with E-state index >= 15 is 0 Å². The van der Waals surface area contributed by atoms with Gasteiger partial charge in [-0.1, -0.05) is 44.9 Å². The summed E-state index contributed by atoms with van der Waals surface area (Å²) >= 11 is 0. The predicted molar refractivity (Wildman–Crippen MR) is 88.0 cm³/mol. The molecule has 3 aliphatic carbocycles. The monoisotopic (exact) mass is 286 g/mol. The Balaban J connectivity index is 1.96. The second kappa shape index (κ2) is 4.83. The summed E-state index contributed by atoms with van der Waals surface area (Å²) in [4.78, 5) is 11.8. The van der Waals surface area contributed by atoms with Crippen LogP contribution in [0.15, 0.2) is 24.3 Å². The summed E-state index contributed by atoms with van der Waals surface area (Å²) in [6.07, 6.45) is 14.3. The van der Waals surface area contributed by atoms with Gasteiger partial charge in [0, 0.05) is 5.41 Å². The van der Waals surface area contributed by atoms with Gasteiger partial charge in [0.2, 0.25) is 0 Å². The van der Waals surface area contributed by atoms with Crippen molar-refractivity contribution in [2.24, 2.45) is 28.1 Å². The van der Waals surface area contributed by atoms with Gasteiger partial charge in [-0.2, -0.15) is 0 Å². The zero-order valence-corrected chi connectivity index (χ0v) is 14.0. The van der Waals surface area contributed by atoms with Gasteiger partial charge in [0.1, 0.15) is 6.29 Å². The SMILES string of the molecule is C=C[C@]1(C)CC[C@@H]2C(=CC[C@@H]3[C@]2(C)CCC[C@]3(C)C=O)C1. The minimum absolute atomic E-state index is 0.103. The third-order valence-electron chi connectivity index (χ3n) is 7.26. The maximum absolute atomic E-state index is 11.8. The third kappa shape index (κ3) is 2.15. The van der Waals surface area contributed by atoms with Gasteiger partial charge in [-0.25, -0.2) is 0 Å². The number of rotatable bonds is 2. The molecule has 3 aliphatic rings. The lowest BCUT2D eigenvalue weighted by molar-refractivity contribution is -0.129. The van der Waals surface area contributed by atoms with E-state index in [9.17, 15) is 4.79 Å². The van der Waals surface area contributed by atoms with Gasteiger partial charge in [0.15, 0.2) is 0 Å². The molecule has 2 saturated carbocycles. The summed E-state index contributed by atoms with van der Waals surface area (Å²) in [6, 6.07) is 0. The maximum Gasteiger partial charge on any atom is 0.126 e. The summed E-state index contributed by atoms with van der Waals surface area (Å²) in [5.74, 6) is 1.24. The second-order valence-corrected chi connectivity index (χ2v) is 8.68. The van der Waals surface area contributed by atoms with Crippen molar-refractivity contribution in [2.45, 2.75) is 65.7 Å². The van der Waals surface area contributed by atoms with E-state index in [1.807, 2.05) is 0 Å². The Kier molecular flexibility index (Phi) is 3.46. The first-order chi connectivity index (χ1) is 9.87. The van der Waals surface area contributed by atoms with E-state index in [1.54, 1.807) is 5.57 Å². The van der Waals surface area contributed by atoms with Gasteiger partial charge >= 0.3 is 0 Å². The first kappa shape index (κ1) is 15.1. The van der Waals surface area contributed by atoms with Crippen LogP contribution in [0.1, 0.15) is 65.7 Å². The van der Waals surface area contributed by atoms with Crippen molar-refractivity contribution in [2.75, 3.05) is 0 Å². The second-order valence-electron chi connectivity index (χ2n) is 8.68. The molecule has 0 amide bonds. The lowest BCUT2D eigenvalue weighted by Crippen LogP contribution is -2.51. The Morgan fingerprint density at radius 2 is 2.00 bits per heavy atom. The molecule has 0 aromatic heterocycles. The predicted octanol–water partition coefficient (Wildman–Crippen LogP) is 5.32. The number of fused-ring (bicyclic) bond motifs is 3. The first-order valence-corrected chi connectivity index (χ1v) is 8.66. The first-order valence-electron chi connectivity index (χ1n) is 8.66. The van der Waals surface area contributed by atoms with Gasteiger partial charge in [-0.15, -0.1) is 6.58 Å². The minimum atomic E-state index is -0.103. The van der Waals surface area contributed by atoms with Crippen LogP contribution in [0.25, 0.3) is 0 Å². The fourth-order valence-electron chi connectivity index (χ4n) is 5.80. The number of carbonyl (C=O) groups is 1. The highest BCUT2D eigenvalue weighted by Gasteiger charge is 2.55. The average Bonchev–Trinajstić information content (AvgIpc) is 2.46. The standard InChI is InChI=1S/C20H30O/c1-5-18(2)12-9-16-15(13-18)7-8-17-19(3,14-21)10-6-11-20(16,17)4/h5,7,14,16-17H,1,6,8-13H2,2-4H3/t16-,17+,18-,19-,20-/m1/s1. The van der Waals surface area contributed by atoms with Crippen LogP contribution in [0.2, 0.25) is 0 Å². The summed E-state index contributed by atoms with van der Waals surface area (Å²) < 4.78 is 0. The average molecular weight is 286 g/mol. The van der Waals surface area contributed by atoms with Crippen LogP contribution in [0, 0.1) is 28.1 Å². The Morgan fingerprint density at radius 1 is 1.24 bits per heavy atom. The lowest BCUT2D eigenvalue weighted by Gasteiger charge is -2.58. The number of hydrogen-bond donors (Lipinski definition) is 0. The topological polar surface area (TPSA) is 17.1 Å². The van der Waals surface area contributed by atoms with Crippen molar-refractivity contribution < 1.29 is 4.79 Å². The fourth-order valence-corrected chi connectivity index (χ4v) is 5.80. The molecule has 3 rings (SSSR count). The fraction of sp³-hybridized carbons (Fsp3) is 0.750. The van der Waals surface area contributed by atoms with Crippen molar-refractivity contribution in [3.05, 3.63) is 24.3 Å². The highest BCUT2D eigenvalue weighted by molar-refractivity contribution is 5.60. The van der Waals surface area contributed by atoms with Crippen molar-refractivity contribution >= 4 is 6.29 Å². The third-order valence-corrected chi connectivity index (χ3v) is 7.26. The maximum atomic E-state index is 11.8.